The Bertz CT molecular complexity index is 347. The van der Waals surface area contributed by atoms with E-state index in [0.717, 1.165) is 31.6 Å². The maximum atomic E-state index is 13.2. The van der Waals surface area contributed by atoms with Gasteiger partial charge in [0.15, 0.2) is 0 Å². The van der Waals surface area contributed by atoms with E-state index in [1.165, 1.54) is 6.07 Å². The molecule has 0 saturated carbocycles. The minimum absolute atomic E-state index is 0.222. The molecule has 1 aromatic carbocycles. The van der Waals surface area contributed by atoms with Gasteiger partial charge in [-0.2, -0.15) is 0 Å². The first-order valence-electron chi connectivity index (χ1n) is 4.91. The predicted molar refractivity (Wildman–Crippen MR) is 56.2 cm³/mol. The third-order valence-electron chi connectivity index (χ3n) is 2.28. The van der Waals surface area contributed by atoms with Gasteiger partial charge in [-0.1, -0.05) is 12.1 Å². The molecular formula is C11H13FN2. The van der Waals surface area contributed by atoms with Crippen LogP contribution in [0.15, 0.2) is 29.3 Å². The summed E-state index contributed by atoms with van der Waals surface area (Å²) in [5.41, 5.74) is 0.521. The monoisotopic (exact) mass is 192 g/mol. The van der Waals surface area contributed by atoms with Crippen molar-refractivity contribution in [2.75, 3.05) is 11.9 Å². The van der Waals surface area contributed by atoms with Gasteiger partial charge in [0.25, 0.3) is 0 Å². The molecule has 0 atom stereocenters. The first kappa shape index (κ1) is 9.19. The normalized spacial score (nSPS) is 16.2. The minimum atomic E-state index is -0.222. The number of nitrogens with one attached hydrogen (secondary N) is 1. The quantitative estimate of drug-likeness (QED) is 0.727. The molecule has 0 aromatic heterocycles. The fraction of sp³-hybridized carbons (Fsp3) is 0.364. The molecule has 3 heteroatoms. The topological polar surface area (TPSA) is 24.4 Å². The molecule has 1 aliphatic heterocycles. The van der Waals surface area contributed by atoms with Crippen molar-refractivity contribution in [2.45, 2.75) is 19.3 Å². The number of amidine groups is 1. The third-order valence-corrected chi connectivity index (χ3v) is 2.28. The van der Waals surface area contributed by atoms with Gasteiger partial charge in [-0.15, -0.1) is 0 Å². The predicted octanol–water partition coefficient (Wildman–Crippen LogP) is 2.82. The fourth-order valence-corrected chi connectivity index (χ4v) is 1.52. The summed E-state index contributed by atoms with van der Waals surface area (Å²) in [6, 6.07) is 6.68. The summed E-state index contributed by atoms with van der Waals surface area (Å²) in [6.07, 6.45) is 3.21. The van der Waals surface area contributed by atoms with Crippen LogP contribution in [0, 0.1) is 5.82 Å². The lowest BCUT2D eigenvalue weighted by molar-refractivity contribution is 0.631. The lowest BCUT2D eigenvalue weighted by Crippen LogP contribution is -2.16. The highest BCUT2D eigenvalue weighted by atomic mass is 19.1. The molecule has 14 heavy (non-hydrogen) atoms. The summed E-state index contributed by atoms with van der Waals surface area (Å²) in [5, 5.41) is 3.02. The van der Waals surface area contributed by atoms with E-state index in [2.05, 4.69) is 10.3 Å². The number of benzene rings is 1. The van der Waals surface area contributed by atoms with E-state index in [0.29, 0.717) is 5.69 Å². The van der Waals surface area contributed by atoms with Crippen LogP contribution in [-0.4, -0.2) is 12.4 Å². The van der Waals surface area contributed by atoms with Crippen LogP contribution in [0.1, 0.15) is 19.3 Å². The molecule has 1 aliphatic rings. The molecule has 1 heterocycles. The molecule has 0 aliphatic carbocycles. The van der Waals surface area contributed by atoms with Gasteiger partial charge in [-0.3, -0.25) is 4.99 Å². The zero-order chi connectivity index (χ0) is 9.80. The summed E-state index contributed by atoms with van der Waals surface area (Å²) < 4.78 is 13.2. The molecule has 74 valence electrons. The summed E-state index contributed by atoms with van der Waals surface area (Å²) >= 11 is 0. The Morgan fingerprint density at radius 2 is 2.07 bits per heavy atom. The second-order valence-electron chi connectivity index (χ2n) is 3.39. The number of hydrogen-bond donors (Lipinski definition) is 1. The van der Waals surface area contributed by atoms with E-state index in [1.54, 1.807) is 12.1 Å². The third kappa shape index (κ3) is 2.10. The molecule has 1 N–H and O–H groups in total. The molecule has 0 bridgehead atoms. The van der Waals surface area contributed by atoms with Gasteiger partial charge >= 0.3 is 0 Å². The number of para-hydroxylation sites is 1. The highest BCUT2D eigenvalue weighted by Gasteiger charge is 2.07. The Hall–Kier alpha value is -1.38. The smallest absolute Gasteiger partial charge is 0.146 e. The van der Waals surface area contributed by atoms with Gasteiger partial charge < -0.3 is 5.32 Å². The first-order chi connectivity index (χ1) is 6.86. The Morgan fingerprint density at radius 1 is 1.21 bits per heavy atom. The number of aliphatic imine (C=N–C) groups is 1. The van der Waals surface area contributed by atoms with E-state index in [-0.39, 0.29) is 5.82 Å². The van der Waals surface area contributed by atoms with Crippen molar-refractivity contribution in [1.82, 2.24) is 0 Å². The van der Waals surface area contributed by atoms with Gasteiger partial charge in [0.05, 0.1) is 5.69 Å². The second-order valence-corrected chi connectivity index (χ2v) is 3.39. The maximum absolute atomic E-state index is 13.2. The van der Waals surface area contributed by atoms with Gasteiger partial charge in [-0.05, 0) is 25.0 Å². The standard InChI is InChI=1S/C11H13FN2/c12-9-5-1-2-6-10(9)14-11-7-3-4-8-13-11/h1-2,5-6H,3-4,7-8H2,(H,13,14). The highest BCUT2D eigenvalue weighted by Crippen LogP contribution is 2.15. The van der Waals surface area contributed by atoms with Gasteiger partial charge in [-0.25, -0.2) is 4.39 Å². The van der Waals surface area contributed by atoms with Gasteiger partial charge in [0, 0.05) is 13.0 Å². The molecular weight excluding hydrogens is 179 g/mol. The molecule has 1 aromatic rings. The largest absolute Gasteiger partial charge is 0.342 e. The fourth-order valence-electron chi connectivity index (χ4n) is 1.52. The van der Waals surface area contributed by atoms with Crippen molar-refractivity contribution in [3.63, 3.8) is 0 Å². The van der Waals surface area contributed by atoms with E-state index >= 15 is 0 Å². The van der Waals surface area contributed by atoms with Crippen molar-refractivity contribution in [3.8, 4) is 0 Å². The number of hydrogen-bond acceptors (Lipinski definition) is 2. The number of halogens is 1. The average Bonchev–Trinajstić information content (AvgIpc) is 2.23. The zero-order valence-electron chi connectivity index (χ0n) is 7.96. The Kier molecular flexibility index (Phi) is 2.77. The van der Waals surface area contributed by atoms with E-state index in [1.807, 2.05) is 6.07 Å². The molecule has 0 radical (unpaired) electrons. The highest BCUT2D eigenvalue weighted by molar-refractivity contribution is 5.95. The lowest BCUT2D eigenvalue weighted by Gasteiger charge is -2.14. The molecule has 0 unspecified atom stereocenters. The summed E-state index contributed by atoms with van der Waals surface area (Å²) in [5.74, 6) is 0.683. The number of anilines is 1. The molecule has 0 saturated heterocycles. The van der Waals surface area contributed by atoms with Crippen molar-refractivity contribution in [1.29, 1.82) is 0 Å². The van der Waals surface area contributed by atoms with Gasteiger partial charge in [0.1, 0.15) is 11.7 Å². The minimum Gasteiger partial charge on any atom is -0.342 e. The molecule has 2 rings (SSSR count). The van der Waals surface area contributed by atoms with Crippen LogP contribution in [0.5, 0.6) is 0 Å². The van der Waals surface area contributed by atoms with Crippen LogP contribution in [0.2, 0.25) is 0 Å². The van der Waals surface area contributed by atoms with Crippen molar-refractivity contribution < 1.29 is 4.39 Å². The maximum Gasteiger partial charge on any atom is 0.146 e. The van der Waals surface area contributed by atoms with Crippen LogP contribution < -0.4 is 5.32 Å². The van der Waals surface area contributed by atoms with Crippen molar-refractivity contribution in [3.05, 3.63) is 30.1 Å². The SMILES string of the molecule is Fc1ccccc1NC1=NCCCC1. The summed E-state index contributed by atoms with van der Waals surface area (Å²) in [4.78, 5) is 4.30. The van der Waals surface area contributed by atoms with Crippen LogP contribution >= 0.6 is 0 Å². The van der Waals surface area contributed by atoms with E-state index in [9.17, 15) is 4.39 Å². The Morgan fingerprint density at radius 3 is 2.79 bits per heavy atom. The van der Waals surface area contributed by atoms with Crippen LogP contribution in [0.3, 0.4) is 0 Å². The number of rotatable bonds is 1. The summed E-state index contributed by atoms with van der Waals surface area (Å²) in [7, 11) is 0. The first-order valence-corrected chi connectivity index (χ1v) is 4.91. The second kappa shape index (κ2) is 4.22. The number of nitrogens with zero attached hydrogens (tertiary/aromatic N) is 1. The Balaban J connectivity index is 2.10. The Labute approximate surface area is 82.9 Å². The molecule has 0 spiro atoms. The van der Waals surface area contributed by atoms with Crippen LogP contribution in [0.25, 0.3) is 0 Å². The molecule has 2 nitrogen and oxygen atoms in total. The zero-order valence-corrected chi connectivity index (χ0v) is 7.96. The molecule has 0 amide bonds. The van der Waals surface area contributed by atoms with Crippen LogP contribution in [0.4, 0.5) is 10.1 Å². The van der Waals surface area contributed by atoms with E-state index in [4.69, 9.17) is 0 Å². The van der Waals surface area contributed by atoms with Crippen molar-refractivity contribution in [2.24, 2.45) is 4.99 Å². The lowest BCUT2D eigenvalue weighted by atomic mass is 10.2. The van der Waals surface area contributed by atoms with E-state index < -0.39 is 0 Å². The van der Waals surface area contributed by atoms with Crippen LogP contribution in [-0.2, 0) is 0 Å². The van der Waals surface area contributed by atoms with Crippen molar-refractivity contribution >= 4 is 11.5 Å². The van der Waals surface area contributed by atoms with Gasteiger partial charge in [0.2, 0.25) is 0 Å². The average molecular weight is 192 g/mol. The molecule has 0 fully saturated rings. The summed E-state index contributed by atoms with van der Waals surface area (Å²) in [6.45, 7) is 0.858.